The lowest BCUT2D eigenvalue weighted by atomic mass is 10.2. The number of rotatable bonds is 7. The van der Waals surface area contributed by atoms with Gasteiger partial charge < -0.3 is 10.6 Å². The van der Waals surface area contributed by atoms with E-state index in [1.54, 1.807) is 12.1 Å². The molecule has 20 heavy (non-hydrogen) atoms. The first-order chi connectivity index (χ1) is 9.63. The van der Waals surface area contributed by atoms with E-state index < -0.39 is 11.8 Å². The third kappa shape index (κ3) is 6.31. The molecule has 4 nitrogen and oxygen atoms in total. The van der Waals surface area contributed by atoms with Gasteiger partial charge in [0.05, 0.1) is 0 Å². The summed E-state index contributed by atoms with van der Waals surface area (Å²) in [6.45, 7) is 2.84. The SMILES string of the molecule is CCCCCCNC(=O)C(=O)NCc1ccc(F)cc1. The number of nitrogens with one attached hydrogen (secondary N) is 2. The monoisotopic (exact) mass is 280 g/mol. The molecule has 0 bridgehead atoms. The summed E-state index contributed by atoms with van der Waals surface area (Å²) >= 11 is 0. The van der Waals surface area contributed by atoms with E-state index in [1.165, 1.54) is 12.1 Å². The Bertz CT molecular complexity index is 432. The van der Waals surface area contributed by atoms with Crippen molar-refractivity contribution in [3.8, 4) is 0 Å². The quantitative estimate of drug-likeness (QED) is 0.594. The van der Waals surface area contributed by atoms with Crippen LogP contribution in [0.5, 0.6) is 0 Å². The van der Waals surface area contributed by atoms with Crippen LogP contribution >= 0.6 is 0 Å². The number of halogens is 1. The molecular weight excluding hydrogens is 259 g/mol. The summed E-state index contributed by atoms with van der Waals surface area (Å²) in [4.78, 5) is 23.0. The molecule has 1 rings (SSSR count). The van der Waals surface area contributed by atoms with Crippen molar-refractivity contribution in [3.05, 3.63) is 35.6 Å². The van der Waals surface area contributed by atoms with Gasteiger partial charge in [-0.3, -0.25) is 9.59 Å². The van der Waals surface area contributed by atoms with Gasteiger partial charge in [-0.05, 0) is 24.1 Å². The molecule has 0 fully saturated rings. The molecule has 0 saturated carbocycles. The van der Waals surface area contributed by atoms with E-state index >= 15 is 0 Å². The summed E-state index contributed by atoms with van der Waals surface area (Å²) in [5, 5.41) is 5.07. The van der Waals surface area contributed by atoms with Crippen LogP contribution in [0.3, 0.4) is 0 Å². The van der Waals surface area contributed by atoms with Crippen LogP contribution in [0.15, 0.2) is 24.3 Å². The second kappa shape index (κ2) is 9.07. The van der Waals surface area contributed by atoms with Crippen LogP contribution in [0, 0.1) is 5.82 Å². The second-order valence-electron chi connectivity index (χ2n) is 4.63. The molecule has 0 aliphatic rings. The molecule has 5 heteroatoms. The highest BCUT2D eigenvalue weighted by molar-refractivity contribution is 6.35. The standard InChI is InChI=1S/C15H21FN2O2/c1-2-3-4-5-10-17-14(19)15(20)18-11-12-6-8-13(16)9-7-12/h6-9H,2-5,10-11H2,1H3,(H,17,19)(H,18,20). The molecule has 2 N–H and O–H groups in total. The van der Waals surface area contributed by atoms with Crippen molar-refractivity contribution in [2.75, 3.05) is 6.54 Å². The Morgan fingerprint density at radius 1 is 1.00 bits per heavy atom. The zero-order valence-corrected chi connectivity index (χ0v) is 11.7. The predicted octanol–water partition coefficient (Wildman–Crippen LogP) is 2.14. The Labute approximate surface area is 118 Å². The number of benzene rings is 1. The predicted molar refractivity (Wildman–Crippen MR) is 75.4 cm³/mol. The molecule has 0 heterocycles. The number of hydrogen-bond donors (Lipinski definition) is 2. The van der Waals surface area contributed by atoms with Gasteiger partial charge in [-0.2, -0.15) is 0 Å². The fourth-order valence-electron chi connectivity index (χ4n) is 1.70. The summed E-state index contributed by atoms with van der Waals surface area (Å²) in [6.07, 6.45) is 4.19. The Balaban J connectivity index is 2.21. The summed E-state index contributed by atoms with van der Waals surface area (Å²) < 4.78 is 12.7. The lowest BCUT2D eigenvalue weighted by molar-refractivity contribution is -0.139. The first-order valence-corrected chi connectivity index (χ1v) is 6.94. The van der Waals surface area contributed by atoms with E-state index in [2.05, 4.69) is 17.6 Å². The smallest absolute Gasteiger partial charge is 0.309 e. The summed E-state index contributed by atoms with van der Waals surface area (Å²) in [6, 6.07) is 5.76. The van der Waals surface area contributed by atoms with Crippen molar-refractivity contribution in [1.29, 1.82) is 0 Å². The van der Waals surface area contributed by atoms with Gasteiger partial charge in [0, 0.05) is 13.1 Å². The van der Waals surface area contributed by atoms with E-state index in [4.69, 9.17) is 0 Å². The van der Waals surface area contributed by atoms with E-state index in [-0.39, 0.29) is 12.4 Å². The lowest BCUT2D eigenvalue weighted by Crippen LogP contribution is -2.39. The fourth-order valence-corrected chi connectivity index (χ4v) is 1.70. The van der Waals surface area contributed by atoms with Gasteiger partial charge in [-0.1, -0.05) is 38.3 Å². The largest absolute Gasteiger partial charge is 0.348 e. The second-order valence-corrected chi connectivity index (χ2v) is 4.63. The third-order valence-corrected chi connectivity index (χ3v) is 2.89. The fraction of sp³-hybridized carbons (Fsp3) is 0.467. The molecule has 0 radical (unpaired) electrons. The Kier molecular flexibility index (Phi) is 7.32. The number of hydrogen-bond acceptors (Lipinski definition) is 2. The highest BCUT2D eigenvalue weighted by atomic mass is 19.1. The zero-order valence-electron chi connectivity index (χ0n) is 11.7. The molecule has 0 aliphatic carbocycles. The minimum atomic E-state index is -0.662. The number of carbonyl (C=O) groups excluding carboxylic acids is 2. The van der Waals surface area contributed by atoms with E-state index in [0.29, 0.717) is 6.54 Å². The third-order valence-electron chi connectivity index (χ3n) is 2.89. The number of carbonyl (C=O) groups is 2. The molecule has 0 aliphatic heterocycles. The maximum Gasteiger partial charge on any atom is 0.309 e. The molecule has 0 aromatic heterocycles. The van der Waals surface area contributed by atoms with Crippen LogP contribution in [-0.2, 0) is 16.1 Å². The number of unbranched alkanes of at least 4 members (excludes halogenated alkanes) is 3. The first kappa shape index (κ1) is 16.1. The van der Waals surface area contributed by atoms with Gasteiger partial charge >= 0.3 is 11.8 Å². The van der Waals surface area contributed by atoms with Gasteiger partial charge in [0.25, 0.3) is 0 Å². The van der Waals surface area contributed by atoms with Crippen molar-refractivity contribution >= 4 is 11.8 Å². The minimum Gasteiger partial charge on any atom is -0.348 e. The van der Waals surface area contributed by atoms with Crippen molar-refractivity contribution < 1.29 is 14.0 Å². The molecule has 1 aromatic carbocycles. The topological polar surface area (TPSA) is 58.2 Å². The van der Waals surface area contributed by atoms with Gasteiger partial charge in [0.2, 0.25) is 0 Å². The molecule has 0 atom stereocenters. The summed E-state index contributed by atoms with van der Waals surface area (Å²) in [5.74, 6) is -1.61. The van der Waals surface area contributed by atoms with Crippen molar-refractivity contribution in [1.82, 2.24) is 10.6 Å². The van der Waals surface area contributed by atoms with E-state index in [9.17, 15) is 14.0 Å². The molecular formula is C15H21FN2O2. The molecule has 110 valence electrons. The Morgan fingerprint density at radius 2 is 1.65 bits per heavy atom. The van der Waals surface area contributed by atoms with Crippen molar-refractivity contribution in [2.24, 2.45) is 0 Å². The Hall–Kier alpha value is -1.91. The highest BCUT2D eigenvalue weighted by Crippen LogP contribution is 2.02. The van der Waals surface area contributed by atoms with E-state index in [0.717, 1.165) is 31.2 Å². The summed E-state index contributed by atoms with van der Waals surface area (Å²) in [7, 11) is 0. The van der Waals surface area contributed by atoms with Gasteiger partial charge in [-0.25, -0.2) is 4.39 Å². The van der Waals surface area contributed by atoms with Crippen LogP contribution in [0.4, 0.5) is 4.39 Å². The Morgan fingerprint density at radius 3 is 2.30 bits per heavy atom. The number of amides is 2. The maximum atomic E-state index is 12.7. The molecule has 0 unspecified atom stereocenters. The summed E-state index contributed by atoms with van der Waals surface area (Å²) in [5.41, 5.74) is 0.746. The molecule has 0 spiro atoms. The van der Waals surface area contributed by atoms with Gasteiger partial charge in [-0.15, -0.1) is 0 Å². The zero-order chi connectivity index (χ0) is 14.8. The van der Waals surface area contributed by atoms with Gasteiger partial charge in [0.15, 0.2) is 0 Å². The van der Waals surface area contributed by atoms with Crippen LogP contribution in [-0.4, -0.2) is 18.4 Å². The van der Waals surface area contributed by atoms with Gasteiger partial charge in [0.1, 0.15) is 5.82 Å². The van der Waals surface area contributed by atoms with Crippen molar-refractivity contribution in [3.63, 3.8) is 0 Å². The molecule has 2 amide bonds. The maximum absolute atomic E-state index is 12.7. The average Bonchev–Trinajstić information content (AvgIpc) is 2.46. The molecule has 1 aromatic rings. The first-order valence-electron chi connectivity index (χ1n) is 6.94. The average molecular weight is 280 g/mol. The normalized spacial score (nSPS) is 10.1. The minimum absolute atomic E-state index is 0.211. The van der Waals surface area contributed by atoms with Crippen LogP contribution in [0.1, 0.15) is 38.2 Å². The van der Waals surface area contributed by atoms with Crippen molar-refractivity contribution in [2.45, 2.75) is 39.2 Å². The lowest BCUT2D eigenvalue weighted by Gasteiger charge is -2.06. The van der Waals surface area contributed by atoms with Crippen LogP contribution in [0.25, 0.3) is 0 Å². The van der Waals surface area contributed by atoms with Crippen LogP contribution in [0.2, 0.25) is 0 Å². The highest BCUT2D eigenvalue weighted by Gasteiger charge is 2.11. The molecule has 0 saturated heterocycles. The van der Waals surface area contributed by atoms with Crippen LogP contribution < -0.4 is 10.6 Å². The van der Waals surface area contributed by atoms with E-state index in [1.807, 2.05) is 0 Å².